The van der Waals surface area contributed by atoms with Crippen molar-refractivity contribution in [3.63, 3.8) is 0 Å². The van der Waals surface area contributed by atoms with Crippen LogP contribution >= 0.6 is 11.3 Å². The monoisotopic (exact) mass is 293 g/mol. The molecule has 4 N–H and O–H groups in total. The molecule has 0 saturated carbocycles. The van der Waals surface area contributed by atoms with Gasteiger partial charge in [-0.05, 0) is 6.07 Å². The summed E-state index contributed by atoms with van der Waals surface area (Å²) < 4.78 is 11.3. The van der Waals surface area contributed by atoms with Gasteiger partial charge < -0.3 is 20.9 Å². The number of hydrogen-bond donors (Lipinski definition) is 2. The zero-order chi connectivity index (χ0) is 14.1. The first-order valence-electron chi connectivity index (χ1n) is 6.38. The minimum Gasteiger partial charge on any atom is -0.489 e. The Balaban J connectivity index is 1.99. The summed E-state index contributed by atoms with van der Waals surface area (Å²) in [5.41, 5.74) is 11.7. The second-order valence-corrected chi connectivity index (χ2v) is 5.63. The Morgan fingerprint density at radius 3 is 2.90 bits per heavy atom. The average Bonchev–Trinajstić information content (AvgIpc) is 2.79. The number of carbonyl (C=O) groups excluding carboxylic acids is 1. The SMILES string of the molecule is NC(=O)c1sc2nccc(OC3CCOCC3)c2c1N. The summed E-state index contributed by atoms with van der Waals surface area (Å²) in [7, 11) is 0. The van der Waals surface area contributed by atoms with E-state index >= 15 is 0 Å². The average molecular weight is 293 g/mol. The number of nitrogen functional groups attached to an aromatic ring is 1. The van der Waals surface area contributed by atoms with Crippen LogP contribution in [0.4, 0.5) is 5.69 Å². The third-order valence-electron chi connectivity index (χ3n) is 3.28. The van der Waals surface area contributed by atoms with Crippen LogP contribution in [0.25, 0.3) is 10.2 Å². The number of thiophene rings is 1. The zero-order valence-electron chi connectivity index (χ0n) is 10.8. The van der Waals surface area contributed by atoms with Crippen LogP contribution in [0.15, 0.2) is 12.3 Å². The predicted octanol–water partition coefficient (Wildman–Crippen LogP) is 1.54. The molecule has 1 aliphatic heterocycles. The molecule has 7 heteroatoms. The number of amides is 1. The van der Waals surface area contributed by atoms with Crippen molar-refractivity contribution in [3.05, 3.63) is 17.1 Å². The van der Waals surface area contributed by atoms with Crippen molar-refractivity contribution in [1.29, 1.82) is 0 Å². The number of anilines is 1. The number of aromatic nitrogens is 1. The molecule has 1 saturated heterocycles. The van der Waals surface area contributed by atoms with Crippen LogP contribution < -0.4 is 16.2 Å². The quantitative estimate of drug-likeness (QED) is 0.894. The van der Waals surface area contributed by atoms with Gasteiger partial charge in [0.25, 0.3) is 5.91 Å². The number of primary amides is 1. The van der Waals surface area contributed by atoms with Crippen LogP contribution in [0.5, 0.6) is 5.75 Å². The summed E-state index contributed by atoms with van der Waals surface area (Å²) >= 11 is 1.19. The van der Waals surface area contributed by atoms with Crippen LogP contribution in [-0.2, 0) is 4.74 Å². The number of nitrogens with zero attached hydrogens (tertiary/aromatic N) is 1. The number of ether oxygens (including phenoxy) is 2. The molecule has 0 aromatic carbocycles. The molecule has 0 bridgehead atoms. The van der Waals surface area contributed by atoms with Gasteiger partial charge in [0.2, 0.25) is 0 Å². The van der Waals surface area contributed by atoms with Crippen LogP contribution in [0.3, 0.4) is 0 Å². The summed E-state index contributed by atoms with van der Waals surface area (Å²) in [6, 6.07) is 1.77. The lowest BCUT2D eigenvalue weighted by atomic mass is 10.1. The minimum absolute atomic E-state index is 0.102. The van der Waals surface area contributed by atoms with Crippen molar-refractivity contribution in [3.8, 4) is 5.75 Å². The highest BCUT2D eigenvalue weighted by atomic mass is 32.1. The number of nitrogens with two attached hydrogens (primary N) is 2. The van der Waals surface area contributed by atoms with Crippen molar-refractivity contribution in [2.75, 3.05) is 18.9 Å². The summed E-state index contributed by atoms with van der Waals surface area (Å²) in [6.07, 6.45) is 3.44. The molecular weight excluding hydrogens is 278 g/mol. The summed E-state index contributed by atoms with van der Waals surface area (Å²) in [6.45, 7) is 1.40. The molecule has 1 aliphatic rings. The second-order valence-electron chi connectivity index (χ2n) is 4.63. The molecule has 0 unspecified atom stereocenters. The van der Waals surface area contributed by atoms with E-state index < -0.39 is 5.91 Å². The van der Waals surface area contributed by atoms with E-state index in [0.29, 0.717) is 39.7 Å². The Kier molecular flexibility index (Phi) is 3.45. The molecule has 1 fully saturated rings. The Labute approximate surface area is 119 Å². The Morgan fingerprint density at radius 1 is 1.45 bits per heavy atom. The Hall–Kier alpha value is -1.86. The zero-order valence-corrected chi connectivity index (χ0v) is 11.6. The second kappa shape index (κ2) is 5.26. The maximum atomic E-state index is 11.4. The third-order valence-corrected chi connectivity index (χ3v) is 4.40. The third kappa shape index (κ3) is 2.30. The van der Waals surface area contributed by atoms with Crippen molar-refractivity contribution in [2.45, 2.75) is 18.9 Å². The molecule has 1 amide bonds. The molecule has 2 aromatic rings. The lowest BCUT2D eigenvalue weighted by molar-refractivity contribution is 0.0262. The van der Waals surface area contributed by atoms with Crippen LogP contribution in [0.1, 0.15) is 22.5 Å². The molecule has 3 heterocycles. The van der Waals surface area contributed by atoms with Gasteiger partial charge in [-0.25, -0.2) is 4.98 Å². The van der Waals surface area contributed by atoms with Crippen molar-refractivity contribution >= 4 is 33.1 Å². The fourth-order valence-electron chi connectivity index (χ4n) is 2.27. The molecule has 106 valence electrons. The summed E-state index contributed by atoms with van der Waals surface area (Å²) in [5, 5.41) is 0.679. The molecule has 6 nitrogen and oxygen atoms in total. The van der Waals surface area contributed by atoms with E-state index in [0.717, 1.165) is 12.8 Å². The predicted molar refractivity (Wildman–Crippen MR) is 77.0 cm³/mol. The molecule has 20 heavy (non-hydrogen) atoms. The Bertz CT molecular complexity index is 650. The van der Waals surface area contributed by atoms with Gasteiger partial charge in [-0.1, -0.05) is 0 Å². The fraction of sp³-hybridized carbons (Fsp3) is 0.385. The maximum Gasteiger partial charge on any atom is 0.260 e. The number of rotatable bonds is 3. The van der Waals surface area contributed by atoms with Gasteiger partial charge in [0.05, 0.1) is 24.3 Å². The van der Waals surface area contributed by atoms with E-state index in [2.05, 4.69) is 4.98 Å². The van der Waals surface area contributed by atoms with Gasteiger partial charge in [0.1, 0.15) is 21.6 Å². The molecule has 3 rings (SSSR count). The Morgan fingerprint density at radius 2 is 2.20 bits per heavy atom. The number of carbonyl (C=O) groups is 1. The molecule has 0 aliphatic carbocycles. The van der Waals surface area contributed by atoms with E-state index in [1.165, 1.54) is 11.3 Å². The molecule has 0 atom stereocenters. The first kappa shape index (κ1) is 13.1. The fourth-order valence-corrected chi connectivity index (χ4v) is 3.20. The van der Waals surface area contributed by atoms with E-state index in [9.17, 15) is 4.79 Å². The van der Waals surface area contributed by atoms with Crippen LogP contribution in [0, 0.1) is 0 Å². The van der Waals surface area contributed by atoms with Gasteiger partial charge >= 0.3 is 0 Å². The van der Waals surface area contributed by atoms with Gasteiger partial charge in [-0.2, -0.15) is 0 Å². The number of fused-ring (bicyclic) bond motifs is 1. The highest BCUT2D eigenvalue weighted by Crippen LogP contribution is 2.38. The first-order chi connectivity index (χ1) is 9.66. The smallest absolute Gasteiger partial charge is 0.260 e. The molecular formula is C13H15N3O3S. The van der Waals surface area contributed by atoms with E-state index in [-0.39, 0.29) is 6.10 Å². The topological polar surface area (TPSA) is 100 Å². The maximum absolute atomic E-state index is 11.4. The van der Waals surface area contributed by atoms with Crippen molar-refractivity contribution in [2.24, 2.45) is 5.73 Å². The van der Waals surface area contributed by atoms with E-state index in [4.69, 9.17) is 20.9 Å². The number of hydrogen-bond acceptors (Lipinski definition) is 6. The van der Waals surface area contributed by atoms with E-state index in [1.807, 2.05) is 0 Å². The van der Waals surface area contributed by atoms with Gasteiger partial charge in [0, 0.05) is 19.0 Å². The largest absolute Gasteiger partial charge is 0.489 e. The van der Waals surface area contributed by atoms with Gasteiger partial charge in [-0.3, -0.25) is 4.79 Å². The van der Waals surface area contributed by atoms with Crippen molar-refractivity contribution < 1.29 is 14.3 Å². The van der Waals surface area contributed by atoms with Gasteiger partial charge in [-0.15, -0.1) is 11.3 Å². The molecule has 0 spiro atoms. The lowest BCUT2D eigenvalue weighted by Crippen LogP contribution is -2.26. The summed E-state index contributed by atoms with van der Waals surface area (Å²) in [4.78, 5) is 16.6. The van der Waals surface area contributed by atoms with Crippen LogP contribution in [0.2, 0.25) is 0 Å². The van der Waals surface area contributed by atoms with Crippen molar-refractivity contribution in [1.82, 2.24) is 4.98 Å². The highest BCUT2D eigenvalue weighted by molar-refractivity contribution is 7.21. The number of pyridine rings is 1. The first-order valence-corrected chi connectivity index (χ1v) is 7.19. The standard InChI is InChI=1S/C13H15N3O3S/c14-10-9-8(19-7-2-5-18-6-3-7)1-4-16-13(9)20-11(10)12(15)17/h1,4,7H,2-3,5-6,14H2,(H2,15,17). The molecule has 2 aromatic heterocycles. The summed E-state index contributed by atoms with van der Waals surface area (Å²) in [5.74, 6) is 0.116. The van der Waals surface area contributed by atoms with Gasteiger partial charge in [0.15, 0.2) is 0 Å². The van der Waals surface area contributed by atoms with Crippen LogP contribution in [-0.4, -0.2) is 30.2 Å². The lowest BCUT2D eigenvalue weighted by Gasteiger charge is -2.23. The molecule has 0 radical (unpaired) electrons. The minimum atomic E-state index is -0.539. The highest BCUT2D eigenvalue weighted by Gasteiger charge is 2.21. The normalized spacial score (nSPS) is 16.4. The van der Waals surface area contributed by atoms with E-state index in [1.54, 1.807) is 12.3 Å².